The van der Waals surface area contributed by atoms with Crippen molar-refractivity contribution in [2.24, 2.45) is 5.16 Å². The molecule has 1 N–H and O–H groups in total. The molecular weight excluding hydrogens is 330 g/mol. The summed E-state index contributed by atoms with van der Waals surface area (Å²) in [5.74, 6) is 1.92. The third-order valence-electron chi connectivity index (χ3n) is 3.41. The second-order valence-electron chi connectivity index (χ2n) is 5.22. The van der Waals surface area contributed by atoms with Gasteiger partial charge in [-0.3, -0.25) is 0 Å². The quantitative estimate of drug-likeness (QED) is 0.351. The second kappa shape index (κ2) is 8.45. The van der Waals surface area contributed by atoms with E-state index in [9.17, 15) is 0 Å². The molecule has 0 saturated heterocycles. The molecule has 5 nitrogen and oxygen atoms in total. The van der Waals surface area contributed by atoms with E-state index in [1.54, 1.807) is 25.3 Å². The molecule has 2 rings (SSSR count). The van der Waals surface area contributed by atoms with Crippen LogP contribution in [0.4, 0.5) is 0 Å². The standard InChI is InChI=1S/C18H20ClNO4/c1-12-8-15(9-13(2)18(12)19)23-6-7-24-16-5-4-14(11-20-21)10-17(16)22-3/h4-5,8-11,21H,6-7H2,1-3H3. The average molecular weight is 350 g/mol. The Hall–Kier alpha value is -2.40. The lowest BCUT2D eigenvalue weighted by atomic mass is 10.1. The van der Waals surface area contributed by atoms with Crippen molar-refractivity contribution in [2.45, 2.75) is 13.8 Å². The number of oxime groups is 1. The number of methoxy groups -OCH3 is 1. The molecule has 2 aromatic carbocycles. The number of aryl methyl sites for hydroxylation is 2. The Labute approximate surface area is 146 Å². The van der Waals surface area contributed by atoms with Gasteiger partial charge in [-0.2, -0.15) is 0 Å². The molecule has 128 valence electrons. The minimum Gasteiger partial charge on any atom is -0.493 e. The molecule has 0 aromatic heterocycles. The van der Waals surface area contributed by atoms with Crippen LogP contribution in [-0.2, 0) is 0 Å². The summed E-state index contributed by atoms with van der Waals surface area (Å²) in [4.78, 5) is 0. The first-order valence-electron chi connectivity index (χ1n) is 7.43. The molecule has 0 aliphatic carbocycles. The summed E-state index contributed by atoms with van der Waals surface area (Å²) in [7, 11) is 1.55. The molecular formula is C18H20ClNO4. The first-order valence-corrected chi connectivity index (χ1v) is 7.80. The van der Waals surface area contributed by atoms with Crippen LogP contribution in [0.3, 0.4) is 0 Å². The normalized spacial score (nSPS) is 10.8. The van der Waals surface area contributed by atoms with Crippen molar-refractivity contribution < 1.29 is 19.4 Å². The highest BCUT2D eigenvalue weighted by atomic mass is 35.5. The smallest absolute Gasteiger partial charge is 0.161 e. The third kappa shape index (κ3) is 4.55. The van der Waals surface area contributed by atoms with Crippen LogP contribution in [0.5, 0.6) is 17.2 Å². The van der Waals surface area contributed by atoms with E-state index in [1.165, 1.54) is 6.21 Å². The van der Waals surface area contributed by atoms with Crippen molar-refractivity contribution in [3.05, 3.63) is 52.0 Å². The molecule has 0 aliphatic rings. The molecule has 0 radical (unpaired) electrons. The summed E-state index contributed by atoms with van der Waals surface area (Å²) in [5, 5.41) is 12.3. The lowest BCUT2D eigenvalue weighted by Gasteiger charge is -2.13. The predicted molar refractivity (Wildman–Crippen MR) is 94.3 cm³/mol. The monoisotopic (exact) mass is 349 g/mol. The maximum atomic E-state index is 8.56. The van der Waals surface area contributed by atoms with Crippen molar-refractivity contribution in [2.75, 3.05) is 20.3 Å². The van der Waals surface area contributed by atoms with Gasteiger partial charge in [0.25, 0.3) is 0 Å². The topological polar surface area (TPSA) is 60.3 Å². The first kappa shape index (κ1) is 17.9. The maximum absolute atomic E-state index is 8.56. The molecule has 0 saturated carbocycles. The van der Waals surface area contributed by atoms with Gasteiger partial charge in [0.15, 0.2) is 11.5 Å². The summed E-state index contributed by atoms with van der Waals surface area (Å²) < 4.78 is 16.7. The van der Waals surface area contributed by atoms with E-state index in [0.717, 1.165) is 21.9 Å². The highest BCUT2D eigenvalue weighted by Gasteiger charge is 2.06. The number of hydrogen-bond donors (Lipinski definition) is 1. The number of halogens is 1. The molecule has 0 bridgehead atoms. The Morgan fingerprint density at radius 2 is 1.71 bits per heavy atom. The second-order valence-corrected chi connectivity index (χ2v) is 5.60. The van der Waals surface area contributed by atoms with E-state index < -0.39 is 0 Å². The third-order valence-corrected chi connectivity index (χ3v) is 4.01. The van der Waals surface area contributed by atoms with E-state index in [1.807, 2.05) is 26.0 Å². The minimum absolute atomic E-state index is 0.366. The lowest BCUT2D eigenvalue weighted by molar-refractivity contribution is 0.211. The zero-order valence-corrected chi connectivity index (χ0v) is 14.6. The Morgan fingerprint density at radius 3 is 2.33 bits per heavy atom. The van der Waals surface area contributed by atoms with Crippen LogP contribution in [0.2, 0.25) is 5.02 Å². The van der Waals surface area contributed by atoms with Gasteiger partial charge in [0.05, 0.1) is 13.3 Å². The number of benzene rings is 2. The van der Waals surface area contributed by atoms with E-state index in [-0.39, 0.29) is 0 Å². The van der Waals surface area contributed by atoms with Gasteiger partial charge in [-0.25, -0.2) is 0 Å². The van der Waals surface area contributed by atoms with Crippen LogP contribution in [0.25, 0.3) is 0 Å². The van der Waals surface area contributed by atoms with Gasteiger partial charge in [0.1, 0.15) is 19.0 Å². The van der Waals surface area contributed by atoms with Gasteiger partial charge in [0, 0.05) is 10.6 Å². The van der Waals surface area contributed by atoms with Crippen molar-refractivity contribution in [3.63, 3.8) is 0 Å². The number of rotatable bonds is 7. The summed E-state index contributed by atoms with van der Waals surface area (Å²) >= 11 is 6.14. The van der Waals surface area contributed by atoms with Gasteiger partial charge in [-0.1, -0.05) is 16.8 Å². The fourth-order valence-electron chi connectivity index (χ4n) is 2.25. The fraction of sp³-hybridized carbons (Fsp3) is 0.278. The van der Waals surface area contributed by atoms with Gasteiger partial charge < -0.3 is 19.4 Å². The summed E-state index contributed by atoms with van der Waals surface area (Å²) in [6.07, 6.45) is 1.32. The van der Waals surface area contributed by atoms with Crippen molar-refractivity contribution in [3.8, 4) is 17.2 Å². The highest BCUT2D eigenvalue weighted by Crippen LogP contribution is 2.28. The van der Waals surface area contributed by atoms with Crippen molar-refractivity contribution in [1.29, 1.82) is 0 Å². The number of hydrogen-bond acceptors (Lipinski definition) is 5. The zero-order valence-electron chi connectivity index (χ0n) is 13.9. The molecule has 0 amide bonds. The van der Waals surface area contributed by atoms with Crippen LogP contribution in [0, 0.1) is 13.8 Å². The summed E-state index contributed by atoms with van der Waals surface area (Å²) in [5.41, 5.74) is 2.68. The zero-order chi connectivity index (χ0) is 17.5. The Kier molecular flexibility index (Phi) is 6.32. The van der Waals surface area contributed by atoms with Gasteiger partial charge in [-0.15, -0.1) is 0 Å². The fourth-order valence-corrected chi connectivity index (χ4v) is 2.36. The Bertz CT molecular complexity index is 708. The molecule has 0 fully saturated rings. The molecule has 0 atom stereocenters. The molecule has 0 heterocycles. The largest absolute Gasteiger partial charge is 0.493 e. The van der Waals surface area contributed by atoms with Gasteiger partial charge >= 0.3 is 0 Å². The van der Waals surface area contributed by atoms with Crippen LogP contribution < -0.4 is 14.2 Å². The maximum Gasteiger partial charge on any atom is 0.161 e. The molecule has 24 heavy (non-hydrogen) atoms. The van der Waals surface area contributed by atoms with E-state index in [0.29, 0.717) is 30.3 Å². The summed E-state index contributed by atoms with van der Waals surface area (Å²) in [6, 6.07) is 9.05. The predicted octanol–water partition coefficient (Wildman–Crippen LogP) is 4.23. The average Bonchev–Trinajstić information content (AvgIpc) is 2.57. The summed E-state index contributed by atoms with van der Waals surface area (Å²) in [6.45, 7) is 4.65. The first-order chi connectivity index (χ1) is 11.5. The number of nitrogens with zero attached hydrogens (tertiary/aromatic N) is 1. The van der Waals surface area contributed by atoms with Crippen LogP contribution in [0.1, 0.15) is 16.7 Å². The Balaban J connectivity index is 1.92. The highest BCUT2D eigenvalue weighted by molar-refractivity contribution is 6.32. The molecule has 0 unspecified atom stereocenters. The van der Waals surface area contributed by atoms with Crippen molar-refractivity contribution in [1.82, 2.24) is 0 Å². The molecule has 0 spiro atoms. The van der Waals surface area contributed by atoms with E-state index >= 15 is 0 Å². The molecule has 0 aliphatic heterocycles. The van der Waals surface area contributed by atoms with Crippen molar-refractivity contribution >= 4 is 17.8 Å². The van der Waals surface area contributed by atoms with E-state index in [4.69, 9.17) is 31.0 Å². The lowest BCUT2D eigenvalue weighted by Crippen LogP contribution is -2.10. The molecule has 6 heteroatoms. The van der Waals surface area contributed by atoms with Crippen LogP contribution in [-0.4, -0.2) is 31.7 Å². The minimum atomic E-state index is 0.366. The van der Waals surface area contributed by atoms with E-state index in [2.05, 4.69) is 5.16 Å². The number of ether oxygens (including phenoxy) is 3. The van der Waals surface area contributed by atoms with Crippen LogP contribution in [0.15, 0.2) is 35.5 Å². The SMILES string of the molecule is COc1cc(C=NO)ccc1OCCOc1cc(C)c(Cl)c(C)c1. The Morgan fingerprint density at radius 1 is 1.04 bits per heavy atom. The van der Waals surface area contributed by atoms with Crippen LogP contribution >= 0.6 is 11.6 Å². The van der Waals surface area contributed by atoms with Gasteiger partial charge in [-0.05, 0) is 55.3 Å². The van der Waals surface area contributed by atoms with Gasteiger partial charge in [0.2, 0.25) is 0 Å². The molecule has 2 aromatic rings.